The Morgan fingerprint density at radius 3 is 3.05 bits per heavy atom. The van der Waals surface area contributed by atoms with Gasteiger partial charge in [-0.2, -0.15) is 0 Å². The molecule has 1 aromatic carbocycles. The van der Waals surface area contributed by atoms with Gasteiger partial charge < -0.3 is 5.32 Å². The van der Waals surface area contributed by atoms with Crippen LogP contribution in [0.1, 0.15) is 12.0 Å². The van der Waals surface area contributed by atoms with Crippen LogP contribution in [0.2, 0.25) is 5.02 Å². The van der Waals surface area contributed by atoms with Crippen molar-refractivity contribution in [1.29, 1.82) is 0 Å². The van der Waals surface area contributed by atoms with Crippen LogP contribution in [0.3, 0.4) is 0 Å². The van der Waals surface area contributed by atoms with Gasteiger partial charge in [0.15, 0.2) is 0 Å². The average molecular weight is 307 g/mol. The topological polar surface area (TPSA) is 41.0 Å². The third kappa shape index (κ3) is 3.68. The molecule has 2 aromatic rings. The molecule has 0 amide bonds. The summed E-state index contributed by atoms with van der Waals surface area (Å²) in [4.78, 5) is 10.4. The molecule has 1 aliphatic rings. The van der Waals surface area contributed by atoms with E-state index in [1.807, 2.05) is 12.1 Å². The number of hydrogen-bond acceptors (Lipinski definition) is 4. The zero-order valence-electron chi connectivity index (χ0n) is 11.5. The van der Waals surface area contributed by atoms with Crippen LogP contribution >= 0.6 is 11.6 Å². The van der Waals surface area contributed by atoms with E-state index in [0.717, 1.165) is 37.4 Å². The minimum absolute atomic E-state index is 0.170. The largest absolute Gasteiger partial charge is 0.366 e. The highest BCUT2D eigenvalue weighted by Crippen LogP contribution is 2.20. The molecule has 1 saturated heterocycles. The Morgan fingerprint density at radius 2 is 2.29 bits per heavy atom. The van der Waals surface area contributed by atoms with Gasteiger partial charge in [-0.05, 0) is 30.2 Å². The molecule has 3 rings (SSSR count). The van der Waals surface area contributed by atoms with Gasteiger partial charge in [0.25, 0.3) is 0 Å². The smallest absolute Gasteiger partial charge is 0.142 e. The van der Waals surface area contributed by atoms with E-state index in [-0.39, 0.29) is 10.8 Å². The number of nitrogens with zero attached hydrogens (tertiary/aromatic N) is 3. The molecule has 0 saturated carbocycles. The number of hydrogen-bond donors (Lipinski definition) is 1. The van der Waals surface area contributed by atoms with Crippen molar-refractivity contribution in [3.63, 3.8) is 0 Å². The van der Waals surface area contributed by atoms with Gasteiger partial charge in [-0.1, -0.05) is 17.7 Å². The fourth-order valence-electron chi connectivity index (χ4n) is 2.58. The molecule has 0 bridgehead atoms. The first kappa shape index (κ1) is 14.2. The number of anilines is 1. The van der Waals surface area contributed by atoms with Crippen molar-refractivity contribution < 1.29 is 4.39 Å². The lowest BCUT2D eigenvalue weighted by Crippen LogP contribution is -2.26. The van der Waals surface area contributed by atoms with Crippen LogP contribution in [0, 0.1) is 5.82 Å². The Hall–Kier alpha value is -1.72. The van der Waals surface area contributed by atoms with Crippen LogP contribution in [0.5, 0.6) is 0 Å². The Kier molecular flexibility index (Phi) is 4.31. The molecule has 0 aliphatic carbocycles. The second kappa shape index (κ2) is 6.37. The van der Waals surface area contributed by atoms with Crippen LogP contribution in [0.4, 0.5) is 10.2 Å². The zero-order valence-corrected chi connectivity index (χ0v) is 12.2. The van der Waals surface area contributed by atoms with E-state index in [2.05, 4.69) is 20.2 Å². The average Bonchev–Trinajstić information content (AvgIpc) is 2.91. The van der Waals surface area contributed by atoms with E-state index in [9.17, 15) is 4.39 Å². The first-order chi connectivity index (χ1) is 10.2. The van der Waals surface area contributed by atoms with Gasteiger partial charge in [-0.3, -0.25) is 4.90 Å². The van der Waals surface area contributed by atoms with Gasteiger partial charge in [0.2, 0.25) is 0 Å². The Labute approximate surface area is 128 Å². The molecule has 21 heavy (non-hydrogen) atoms. The highest BCUT2D eigenvalue weighted by Gasteiger charge is 2.22. The predicted octanol–water partition coefficient (Wildman–Crippen LogP) is 2.96. The normalized spacial score (nSPS) is 18.9. The molecule has 0 radical (unpaired) electrons. The predicted molar refractivity (Wildman–Crippen MR) is 80.7 cm³/mol. The molecule has 0 spiro atoms. The third-order valence-corrected chi connectivity index (χ3v) is 3.90. The summed E-state index contributed by atoms with van der Waals surface area (Å²) in [6, 6.07) is 7.21. The lowest BCUT2D eigenvalue weighted by molar-refractivity contribution is 0.328. The van der Waals surface area contributed by atoms with Crippen LogP contribution < -0.4 is 5.32 Å². The fourth-order valence-corrected chi connectivity index (χ4v) is 2.69. The maximum Gasteiger partial charge on any atom is 0.142 e. The number of rotatable bonds is 4. The molecule has 1 unspecified atom stereocenters. The molecule has 2 heterocycles. The van der Waals surface area contributed by atoms with Crippen LogP contribution in [0.25, 0.3) is 0 Å². The number of benzene rings is 1. The van der Waals surface area contributed by atoms with Crippen molar-refractivity contribution in [2.45, 2.75) is 19.0 Å². The molecule has 1 fully saturated rings. The fraction of sp³-hybridized carbons (Fsp3) is 0.333. The molecule has 110 valence electrons. The first-order valence-corrected chi connectivity index (χ1v) is 7.27. The Morgan fingerprint density at radius 1 is 1.38 bits per heavy atom. The van der Waals surface area contributed by atoms with Crippen molar-refractivity contribution in [3.8, 4) is 0 Å². The van der Waals surface area contributed by atoms with Gasteiger partial charge in [0, 0.05) is 31.9 Å². The number of likely N-dealkylation sites (tertiary alicyclic amines) is 1. The van der Waals surface area contributed by atoms with Gasteiger partial charge in [0.1, 0.15) is 18.0 Å². The van der Waals surface area contributed by atoms with E-state index in [0.29, 0.717) is 6.04 Å². The second-order valence-corrected chi connectivity index (χ2v) is 5.62. The molecule has 1 aliphatic heterocycles. The van der Waals surface area contributed by atoms with E-state index in [4.69, 9.17) is 11.6 Å². The van der Waals surface area contributed by atoms with Crippen molar-refractivity contribution in [1.82, 2.24) is 14.9 Å². The van der Waals surface area contributed by atoms with Gasteiger partial charge >= 0.3 is 0 Å². The minimum Gasteiger partial charge on any atom is -0.366 e. The van der Waals surface area contributed by atoms with Gasteiger partial charge in [0.05, 0.1) is 5.02 Å². The second-order valence-electron chi connectivity index (χ2n) is 5.21. The summed E-state index contributed by atoms with van der Waals surface area (Å²) < 4.78 is 13.4. The Bertz CT molecular complexity index is 608. The molecular weight excluding hydrogens is 291 g/mol. The van der Waals surface area contributed by atoms with Crippen molar-refractivity contribution in [2.24, 2.45) is 0 Å². The Balaban J connectivity index is 1.56. The van der Waals surface area contributed by atoms with Crippen LogP contribution in [0.15, 0.2) is 36.8 Å². The maximum absolute atomic E-state index is 13.4. The highest BCUT2D eigenvalue weighted by atomic mass is 35.5. The molecular formula is C15H16ClFN4. The SMILES string of the molecule is Fc1cc(CN2CCC(Nc3ccncn3)C2)ccc1Cl. The zero-order chi connectivity index (χ0) is 14.7. The summed E-state index contributed by atoms with van der Waals surface area (Å²) in [5, 5.41) is 3.56. The number of aromatic nitrogens is 2. The lowest BCUT2D eigenvalue weighted by Gasteiger charge is -2.17. The summed E-state index contributed by atoms with van der Waals surface area (Å²) in [5.74, 6) is 0.485. The van der Waals surface area contributed by atoms with Crippen molar-refractivity contribution >= 4 is 17.4 Å². The third-order valence-electron chi connectivity index (χ3n) is 3.60. The van der Waals surface area contributed by atoms with Crippen LogP contribution in [-0.2, 0) is 6.54 Å². The van der Waals surface area contributed by atoms with E-state index >= 15 is 0 Å². The monoisotopic (exact) mass is 306 g/mol. The number of nitrogens with one attached hydrogen (secondary N) is 1. The van der Waals surface area contributed by atoms with E-state index in [1.165, 1.54) is 12.4 Å². The summed E-state index contributed by atoms with van der Waals surface area (Å²) in [6.07, 6.45) is 4.30. The molecule has 6 heteroatoms. The van der Waals surface area contributed by atoms with Crippen molar-refractivity contribution in [3.05, 3.63) is 53.2 Å². The quantitative estimate of drug-likeness (QED) is 0.943. The number of halogens is 2. The summed E-state index contributed by atoms with van der Waals surface area (Å²) >= 11 is 5.70. The van der Waals surface area contributed by atoms with Gasteiger partial charge in [-0.15, -0.1) is 0 Å². The van der Waals surface area contributed by atoms with Crippen LogP contribution in [-0.4, -0.2) is 34.0 Å². The highest BCUT2D eigenvalue weighted by molar-refractivity contribution is 6.30. The summed E-state index contributed by atoms with van der Waals surface area (Å²) in [5.41, 5.74) is 0.944. The summed E-state index contributed by atoms with van der Waals surface area (Å²) in [7, 11) is 0. The van der Waals surface area contributed by atoms with Gasteiger partial charge in [-0.25, -0.2) is 14.4 Å². The van der Waals surface area contributed by atoms with Crippen molar-refractivity contribution in [2.75, 3.05) is 18.4 Å². The molecule has 1 N–H and O–H groups in total. The summed E-state index contributed by atoms with van der Waals surface area (Å²) in [6.45, 7) is 2.62. The molecule has 1 atom stereocenters. The first-order valence-electron chi connectivity index (χ1n) is 6.89. The van der Waals surface area contributed by atoms with E-state index in [1.54, 1.807) is 12.3 Å². The minimum atomic E-state index is -0.357. The maximum atomic E-state index is 13.4. The molecule has 4 nitrogen and oxygen atoms in total. The molecule has 1 aromatic heterocycles. The lowest BCUT2D eigenvalue weighted by atomic mass is 10.2. The standard InChI is InChI=1S/C15H16ClFN4/c16-13-2-1-11(7-14(13)17)8-21-6-4-12(9-21)20-15-3-5-18-10-19-15/h1-3,5,7,10,12H,4,6,8-9H2,(H,18,19,20). The van der Waals surface area contributed by atoms with E-state index < -0.39 is 0 Å².